The van der Waals surface area contributed by atoms with E-state index < -0.39 is 0 Å². The Balaban J connectivity index is 1.55. The number of benzene rings is 1. The number of aromatic nitrogens is 2. The second kappa shape index (κ2) is 8.70. The van der Waals surface area contributed by atoms with E-state index in [0.717, 1.165) is 32.6 Å². The zero-order valence-corrected chi connectivity index (χ0v) is 17.9. The van der Waals surface area contributed by atoms with Crippen LogP contribution >= 0.6 is 0 Å². The number of imidazole rings is 1. The maximum absolute atomic E-state index is 12.2. The van der Waals surface area contributed by atoms with E-state index in [4.69, 9.17) is 0 Å². The summed E-state index contributed by atoms with van der Waals surface area (Å²) in [5.74, 6) is 0.208. The average molecular weight is 395 g/mol. The highest BCUT2D eigenvalue weighted by molar-refractivity contribution is 5.73. The molecule has 2 aliphatic rings. The molecule has 2 fully saturated rings. The highest BCUT2D eigenvalue weighted by Gasteiger charge is 2.47. The summed E-state index contributed by atoms with van der Waals surface area (Å²) in [7, 11) is 0. The van der Waals surface area contributed by atoms with Crippen molar-refractivity contribution in [3.05, 3.63) is 54.1 Å². The first-order valence-electron chi connectivity index (χ1n) is 11.2. The van der Waals surface area contributed by atoms with E-state index in [2.05, 4.69) is 56.6 Å². The van der Waals surface area contributed by atoms with Crippen molar-refractivity contribution in [1.82, 2.24) is 19.4 Å². The molecule has 156 valence electrons. The number of hydrogen-bond donors (Lipinski definition) is 0. The van der Waals surface area contributed by atoms with Crippen LogP contribution in [0.15, 0.2) is 42.9 Å². The Bertz CT molecular complexity index is 809. The third-order valence-corrected chi connectivity index (χ3v) is 7.03. The predicted octanol–water partition coefficient (Wildman–Crippen LogP) is 4.08. The lowest BCUT2D eigenvalue weighted by atomic mass is 9.79. The van der Waals surface area contributed by atoms with Crippen molar-refractivity contribution < 1.29 is 4.79 Å². The van der Waals surface area contributed by atoms with Crippen molar-refractivity contribution in [2.24, 2.45) is 0 Å². The second-order valence-corrected chi connectivity index (χ2v) is 8.83. The molecule has 4 rings (SSSR count). The van der Waals surface area contributed by atoms with E-state index in [1.165, 1.54) is 43.4 Å². The van der Waals surface area contributed by atoms with E-state index in [9.17, 15) is 4.79 Å². The molecule has 1 amide bonds. The number of carbonyl (C=O) groups excluding carboxylic acids is 1. The van der Waals surface area contributed by atoms with E-state index in [0.29, 0.717) is 6.04 Å². The molecule has 1 saturated carbocycles. The average Bonchev–Trinajstić information content (AvgIpc) is 3.29. The van der Waals surface area contributed by atoms with Gasteiger partial charge in [0.05, 0.1) is 12.0 Å². The molecule has 1 unspecified atom stereocenters. The first kappa shape index (κ1) is 20.1. The Morgan fingerprint density at radius 1 is 1.17 bits per heavy atom. The van der Waals surface area contributed by atoms with Crippen LogP contribution in [0.5, 0.6) is 0 Å². The molecule has 1 aliphatic heterocycles. The quantitative estimate of drug-likeness (QED) is 0.741. The zero-order chi connectivity index (χ0) is 20.3. The highest BCUT2D eigenvalue weighted by atomic mass is 16.2. The Labute approximate surface area is 174 Å². The molecule has 29 heavy (non-hydrogen) atoms. The maximum atomic E-state index is 12.2. The van der Waals surface area contributed by atoms with E-state index in [1.807, 2.05) is 12.5 Å². The molecule has 0 radical (unpaired) electrons. The Kier molecular flexibility index (Phi) is 6.04. The standard InChI is InChI=1S/C24H34N4O/c1-3-28(20(2)29)22-14-24(12-8-5-9-13-24)27(17-22)18-23-15-25-19-26(23)16-21-10-6-4-7-11-21/h4,6-7,10-11,15,19,22H,3,5,8-9,12-14,16-18H2,1-2H3. The molecule has 1 spiro atoms. The van der Waals surface area contributed by atoms with Crippen LogP contribution in [0, 0.1) is 0 Å². The first-order chi connectivity index (χ1) is 14.1. The molecule has 5 heteroatoms. The van der Waals surface area contributed by atoms with Gasteiger partial charge in [0.1, 0.15) is 0 Å². The number of rotatable bonds is 6. The fraction of sp³-hybridized carbons (Fsp3) is 0.583. The summed E-state index contributed by atoms with van der Waals surface area (Å²) in [6.45, 7) is 7.37. The van der Waals surface area contributed by atoms with Crippen molar-refractivity contribution in [3.8, 4) is 0 Å². The third kappa shape index (κ3) is 4.25. The molecular formula is C24H34N4O. The number of likely N-dealkylation sites (tertiary alicyclic amines) is 1. The Morgan fingerprint density at radius 2 is 1.93 bits per heavy atom. The summed E-state index contributed by atoms with van der Waals surface area (Å²) in [6, 6.07) is 10.9. The van der Waals surface area contributed by atoms with Crippen LogP contribution in [0.25, 0.3) is 0 Å². The molecule has 0 N–H and O–H groups in total. The van der Waals surface area contributed by atoms with Crippen molar-refractivity contribution in [2.45, 2.75) is 77.0 Å². The minimum atomic E-state index is 0.208. The van der Waals surface area contributed by atoms with Crippen molar-refractivity contribution >= 4 is 5.91 Å². The summed E-state index contributed by atoms with van der Waals surface area (Å²) < 4.78 is 2.28. The number of amides is 1. The van der Waals surface area contributed by atoms with Gasteiger partial charge in [0.2, 0.25) is 5.91 Å². The van der Waals surface area contributed by atoms with Crippen LogP contribution in [0.4, 0.5) is 0 Å². The number of hydrogen-bond acceptors (Lipinski definition) is 3. The third-order valence-electron chi connectivity index (χ3n) is 7.03. The summed E-state index contributed by atoms with van der Waals surface area (Å²) in [4.78, 5) is 21.4. The number of nitrogens with zero attached hydrogens (tertiary/aromatic N) is 4. The Morgan fingerprint density at radius 3 is 2.62 bits per heavy atom. The van der Waals surface area contributed by atoms with Gasteiger partial charge >= 0.3 is 0 Å². The normalized spacial score (nSPS) is 21.5. The van der Waals surface area contributed by atoms with Crippen LogP contribution in [-0.4, -0.2) is 49.9 Å². The fourth-order valence-corrected chi connectivity index (χ4v) is 5.59. The van der Waals surface area contributed by atoms with Crippen molar-refractivity contribution in [1.29, 1.82) is 0 Å². The van der Waals surface area contributed by atoms with E-state index >= 15 is 0 Å². The molecule has 2 aromatic rings. The van der Waals surface area contributed by atoms with Gasteiger partial charge in [-0.05, 0) is 31.7 Å². The molecular weight excluding hydrogens is 360 g/mol. The molecule has 1 aliphatic carbocycles. The summed E-state index contributed by atoms with van der Waals surface area (Å²) in [6.07, 6.45) is 11.6. The second-order valence-electron chi connectivity index (χ2n) is 8.83. The van der Waals surface area contributed by atoms with Gasteiger partial charge in [-0.25, -0.2) is 4.98 Å². The minimum Gasteiger partial charge on any atom is -0.339 e. The fourth-order valence-electron chi connectivity index (χ4n) is 5.59. The smallest absolute Gasteiger partial charge is 0.219 e. The maximum Gasteiger partial charge on any atom is 0.219 e. The SMILES string of the molecule is CCN(C(C)=O)C1CN(Cc2cncn2Cc2ccccc2)C2(CCCCC2)C1. The van der Waals surface area contributed by atoms with Gasteiger partial charge in [-0.3, -0.25) is 9.69 Å². The van der Waals surface area contributed by atoms with E-state index in [1.54, 1.807) is 6.92 Å². The topological polar surface area (TPSA) is 41.4 Å². The molecule has 1 saturated heterocycles. The minimum absolute atomic E-state index is 0.208. The summed E-state index contributed by atoms with van der Waals surface area (Å²) in [5, 5.41) is 0. The lowest BCUT2D eigenvalue weighted by Gasteiger charge is -2.41. The number of carbonyl (C=O) groups is 1. The number of likely N-dealkylation sites (N-methyl/N-ethyl adjacent to an activating group) is 1. The van der Waals surface area contributed by atoms with Crippen molar-refractivity contribution in [3.63, 3.8) is 0 Å². The van der Waals surface area contributed by atoms with Gasteiger partial charge in [0, 0.05) is 50.9 Å². The van der Waals surface area contributed by atoms with Crippen LogP contribution in [0.2, 0.25) is 0 Å². The lowest BCUT2D eigenvalue weighted by Crippen LogP contribution is -2.45. The van der Waals surface area contributed by atoms with Gasteiger partial charge in [-0.1, -0.05) is 49.6 Å². The van der Waals surface area contributed by atoms with Crippen molar-refractivity contribution in [2.75, 3.05) is 13.1 Å². The van der Waals surface area contributed by atoms with Crippen LogP contribution < -0.4 is 0 Å². The predicted molar refractivity (Wildman–Crippen MR) is 115 cm³/mol. The van der Waals surface area contributed by atoms with Gasteiger partial charge in [-0.15, -0.1) is 0 Å². The lowest BCUT2D eigenvalue weighted by molar-refractivity contribution is -0.130. The van der Waals surface area contributed by atoms with E-state index in [-0.39, 0.29) is 11.4 Å². The first-order valence-corrected chi connectivity index (χ1v) is 11.2. The molecule has 2 heterocycles. The van der Waals surface area contributed by atoms with Gasteiger partial charge < -0.3 is 9.47 Å². The Hall–Kier alpha value is -2.14. The zero-order valence-electron chi connectivity index (χ0n) is 17.9. The summed E-state index contributed by atoms with van der Waals surface area (Å²) in [5.41, 5.74) is 2.81. The largest absolute Gasteiger partial charge is 0.339 e. The summed E-state index contributed by atoms with van der Waals surface area (Å²) >= 11 is 0. The van der Waals surface area contributed by atoms with Crippen LogP contribution in [0.3, 0.4) is 0 Å². The van der Waals surface area contributed by atoms with Gasteiger partial charge in [-0.2, -0.15) is 0 Å². The molecule has 0 bridgehead atoms. The highest BCUT2D eigenvalue weighted by Crippen LogP contribution is 2.43. The molecule has 5 nitrogen and oxygen atoms in total. The molecule has 1 atom stereocenters. The molecule has 1 aromatic carbocycles. The van der Waals surface area contributed by atoms with Gasteiger partial charge in [0.15, 0.2) is 0 Å². The monoisotopic (exact) mass is 394 g/mol. The van der Waals surface area contributed by atoms with Crippen LogP contribution in [-0.2, 0) is 17.9 Å². The van der Waals surface area contributed by atoms with Crippen LogP contribution in [0.1, 0.15) is 63.6 Å². The molecule has 1 aromatic heterocycles. The van der Waals surface area contributed by atoms with Gasteiger partial charge in [0.25, 0.3) is 0 Å².